The maximum atomic E-state index is 12.0. The number of rotatable bonds is 6. The number of nitrogens with one attached hydrogen (secondary N) is 1. The van der Waals surface area contributed by atoms with Crippen LogP contribution in [0.3, 0.4) is 0 Å². The van der Waals surface area contributed by atoms with Crippen LogP contribution in [-0.4, -0.2) is 17.5 Å². The van der Waals surface area contributed by atoms with Gasteiger partial charge in [0.1, 0.15) is 5.75 Å². The molecule has 0 bridgehead atoms. The highest BCUT2D eigenvalue weighted by molar-refractivity contribution is 7.13. The van der Waals surface area contributed by atoms with Gasteiger partial charge < -0.3 is 15.8 Å². The second-order valence-corrected chi connectivity index (χ2v) is 5.72. The number of amides is 1. The molecule has 112 valence electrons. The molecule has 0 saturated carbocycles. The van der Waals surface area contributed by atoms with Gasteiger partial charge in [-0.25, -0.2) is 4.98 Å². The summed E-state index contributed by atoms with van der Waals surface area (Å²) >= 11 is 7.27. The Labute approximate surface area is 132 Å². The van der Waals surface area contributed by atoms with Crippen molar-refractivity contribution in [2.45, 2.75) is 19.8 Å². The maximum Gasteiger partial charge on any atom is 0.230 e. The lowest BCUT2D eigenvalue weighted by molar-refractivity contribution is -0.115. The summed E-state index contributed by atoms with van der Waals surface area (Å²) in [4.78, 5) is 16.1. The van der Waals surface area contributed by atoms with Crippen LogP contribution in [-0.2, 0) is 11.2 Å². The molecule has 1 aromatic carbocycles. The summed E-state index contributed by atoms with van der Waals surface area (Å²) in [6, 6.07) is 5.14. The number of carbonyl (C=O) groups is 1. The number of nitrogens with two attached hydrogens (primary N) is 1. The zero-order valence-electron chi connectivity index (χ0n) is 11.6. The molecule has 0 aliphatic rings. The van der Waals surface area contributed by atoms with Crippen LogP contribution in [0.4, 0.5) is 10.8 Å². The summed E-state index contributed by atoms with van der Waals surface area (Å²) in [5, 5.41) is 5.54. The number of aromatic nitrogens is 1. The van der Waals surface area contributed by atoms with Crippen LogP contribution in [0.5, 0.6) is 5.75 Å². The molecule has 1 amide bonds. The van der Waals surface area contributed by atoms with E-state index >= 15 is 0 Å². The lowest BCUT2D eigenvalue weighted by Crippen LogP contribution is -2.15. The van der Waals surface area contributed by atoms with Gasteiger partial charge in [0.05, 0.1) is 24.4 Å². The van der Waals surface area contributed by atoms with E-state index in [1.807, 2.05) is 6.92 Å². The van der Waals surface area contributed by atoms with Crippen LogP contribution in [0.1, 0.15) is 19.0 Å². The first-order valence-corrected chi connectivity index (χ1v) is 7.76. The monoisotopic (exact) mass is 325 g/mol. The molecule has 0 atom stereocenters. The van der Waals surface area contributed by atoms with E-state index in [0.717, 1.165) is 6.42 Å². The summed E-state index contributed by atoms with van der Waals surface area (Å²) < 4.78 is 5.59. The minimum absolute atomic E-state index is 0.160. The molecule has 21 heavy (non-hydrogen) atoms. The molecule has 0 saturated heterocycles. The Kier molecular flexibility index (Phi) is 5.41. The van der Waals surface area contributed by atoms with Gasteiger partial charge in [-0.1, -0.05) is 18.5 Å². The Hall–Kier alpha value is -1.79. The number of carbonyl (C=O) groups excluding carboxylic acids is 1. The molecule has 0 radical (unpaired) electrons. The van der Waals surface area contributed by atoms with Crippen molar-refractivity contribution in [3.63, 3.8) is 0 Å². The topological polar surface area (TPSA) is 77.2 Å². The average Bonchev–Trinajstić information content (AvgIpc) is 2.83. The van der Waals surface area contributed by atoms with Crippen molar-refractivity contribution in [3.8, 4) is 5.75 Å². The number of thiazole rings is 1. The number of halogens is 1. The summed E-state index contributed by atoms with van der Waals surface area (Å²) in [6.45, 7) is 2.59. The van der Waals surface area contributed by atoms with Gasteiger partial charge in [0.2, 0.25) is 5.91 Å². The van der Waals surface area contributed by atoms with E-state index in [0.29, 0.717) is 33.9 Å². The van der Waals surface area contributed by atoms with Crippen molar-refractivity contribution >= 4 is 39.7 Å². The van der Waals surface area contributed by atoms with E-state index in [2.05, 4.69) is 10.3 Å². The highest BCUT2D eigenvalue weighted by Crippen LogP contribution is 2.28. The van der Waals surface area contributed by atoms with Crippen molar-refractivity contribution in [3.05, 3.63) is 34.3 Å². The fourth-order valence-corrected chi connectivity index (χ4v) is 2.44. The third-order valence-corrected chi connectivity index (χ3v) is 3.55. The van der Waals surface area contributed by atoms with Gasteiger partial charge in [-0.15, -0.1) is 11.3 Å². The van der Waals surface area contributed by atoms with E-state index in [-0.39, 0.29) is 12.3 Å². The molecule has 0 aliphatic carbocycles. The average molecular weight is 326 g/mol. The molecular formula is C14H16ClN3O2S. The van der Waals surface area contributed by atoms with E-state index in [1.165, 1.54) is 11.3 Å². The number of nitrogens with zero attached hydrogens (tertiary/aromatic N) is 1. The van der Waals surface area contributed by atoms with Crippen LogP contribution < -0.4 is 15.8 Å². The van der Waals surface area contributed by atoms with Gasteiger partial charge in [-0.3, -0.25) is 4.79 Å². The molecule has 1 aromatic heterocycles. The highest BCUT2D eigenvalue weighted by atomic mass is 35.5. The zero-order chi connectivity index (χ0) is 15.2. The van der Waals surface area contributed by atoms with Gasteiger partial charge >= 0.3 is 0 Å². The molecule has 0 unspecified atom stereocenters. The molecule has 0 spiro atoms. The molecule has 7 heteroatoms. The number of nitrogen functional groups attached to an aromatic ring is 1. The van der Waals surface area contributed by atoms with E-state index in [4.69, 9.17) is 22.1 Å². The summed E-state index contributed by atoms with van der Waals surface area (Å²) in [6.07, 6.45) is 1.04. The van der Waals surface area contributed by atoms with Crippen molar-refractivity contribution in [2.75, 3.05) is 17.7 Å². The normalized spacial score (nSPS) is 10.4. The Balaban J connectivity index is 2.06. The molecule has 5 nitrogen and oxygen atoms in total. The summed E-state index contributed by atoms with van der Waals surface area (Å²) in [5.74, 6) is 0.413. The second kappa shape index (κ2) is 7.28. The fourth-order valence-electron chi connectivity index (χ4n) is 1.70. The van der Waals surface area contributed by atoms with E-state index in [9.17, 15) is 4.79 Å². The summed E-state index contributed by atoms with van der Waals surface area (Å²) in [7, 11) is 0. The minimum atomic E-state index is -0.191. The third-order valence-electron chi connectivity index (χ3n) is 2.59. The Morgan fingerprint density at radius 1 is 1.52 bits per heavy atom. The molecule has 0 fully saturated rings. The first-order valence-electron chi connectivity index (χ1n) is 6.50. The molecule has 2 rings (SSSR count). The molecular weight excluding hydrogens is 310 g/mol. The maximum absolute atomic E-state index is 12.0. The number of ether oxygens (including phenoxy) is 1. The first kappa shape index (κ1) is 15.6. The lowest BCUT2D eigenvalue weighted by Gasteiger charge is -2.12. The Morgan fingerprint density at radius 2 is 2.33 bits per heavy atom. The smallest absolute Gasteiger partial charge is 0.230 e. The summed E-state index contributed by atoms with van der Waals surface area (Å²) in [5.41, 5.74) is 6.75. The van der Waals surface area contributed by atoms with Crippen molar-refractivity contribution < 1.29 is 9.53 Å². The van der Waals surface area contributed by atoms with Gasteiger partial charge in [0.25, 0.3) is 0 Å². The predicted octanol–water partition coefficient (Wildman–Crippen LogP) is 3.35. The quantitative estimate of drug-likeness (QED) is 0.853. The number of anilines is 2. The van der Waals surface area contributed by atoms with Gasteiger partial charge in [-0.05, 0) is 24.6 Å². The SMILES string of the molecule is CCCOc1ccc(Cl)cc1NC(=O)Cc1csc(N)n1. The van der Waals surface area contributed by atoms with Crippen LogP contribution in [0.2, 0.25) is 5.02 Å². The first-order chi connectivity index (χ1) is 10.1. The van der Waals surface area contributed by atoms with E-state index in [1.54, 1.807) is 23.6 Å². The van der Waals surface area contributed by atoms with E-state index < -0.39 is 0 Å². The minimum Gasteiger partial charge on any atom is -0.491 e. The van der Waals surface area contributed by atoms with Crippen LogP contribution in [0.25, 0.3) is 0 Å². The number of hydrogen-bond acceptors (Lipinski definition) is 5. The predicted molar refractivity (Wildman–Crippen MR) is 86.1 cm³/mol. The van der Waals surface area contributed by atoms with Crippen LogP contribution >= 0.6 is 22.9 Å². The Bertz CT molecular complexity index is 630. The third kappa shape index (κ3) is 4.61. The second-order valence-electron chi connectivity index (χ2n) is 4.39. The van der Waals surface area contributed by atoms with Crippen LogP contribution in [0, 0.1) is 0 Å². The van der Waals surface area contributed by atoms with Crippen molar-refractivity contribution in [1.29, 1.82) is 0 Å². The molecule has 2 aromatic rings. The van der Waals surface area contributed by atoms with Crippen LogP contribution in [0.15, 0.2) is 23.6 Å². The fraction of sp³-hybridized carbons (Fsp3) is 0.286. The molecule has 3 N–H and O–H groups in total. The van der Waals surface area contributed by atoms with Gasteiger partial charge in [-0.2, -0.15) is 0 Å². The largest absolute Gasteiger partial charge is 0.491 e. The molecule has 0 aliphatic heterocycles. The standard InChI is InChI=1S/C14H16ClN3O2S/c1-2-5-20-12-4-3-9(15)6-11(12)18-13(19)7-10-8-21-14(16)17-10/h3-4,6,8H,2,5,7H2,1H3,(H2,16,17)(H,18,19). The molecule has 1 heterocycles. The van der Waals surface area contributed by atoms with Crippen molar-refractivity contribution in [2.24, 2.45) is 0 Å². The zero-order valence-corrected chi connectivity index (χ0v) is 13.1. The Morgan fingerprint density at radius 3 is 3.00 bits per heavy atom. The van der Waals surface area contributed by atoms with Gasteiger partial charge in [0.15, 0.2) is 5.13 Å². The highest BCUT2D eigenvalue weighted by Gasteiger charge is 2.11. The van der Waals surface area contributed by atoms with Gasteiger partial charge in [0, 0.05) is 10.4 Å². The van der Waals surface area contributed by atoms with Crippen molar-refractivity contribution in [1.82, 2.24) is 4.98 Å². The lowest BCUT2D eigenvalue weighted by atomic mass is 10.2. The number of hydrogen-bond donors (Lipinski definition) is 2. The number of benzene rings is 1.